The molecule has 0 aliphatic heterocycles. The van der Waals surface area contributed by atoms with Crippen molar-refractivity contribution in [1.29, 1.82) is 0 Å². The molecule has 4 rings (SSSR count). The lowest BCUT2D eigenvalue weighted by atomic mass is 9.71. The third-order valence-corrected chi connectivity index (χ3v) is 8.18. The zero-order valence-electron chi connectivity index (χ0n) is 18.7. The Morgan fingerprint density at radius 2 is 2.15 bits per heavy atom. The maximum Gasteiger partial charge on any atom is 0.269 e. The van der Waals surface area contributed by atoms with Crippen LogP contribution in [0.5, 0.6) is 0 Å². The molecule has 1 aliphatic rings. The van der Waals surface area contributed by atoms with Crippen LogP contribution in [0.15, 0.2) is 71.1 Å². The van der Waals surface area contributed by atoms with Crippen LogP contribution in [0.25, 0.3) is 11.0 Å². The number of benzene rings is 1. The molecule has 3 aromatic rings. The molecule has 3 atom stereocenters. The van der Waals surface area contributed by atoms with Gasteiger partial charge >= 0.3 is 0 Å². The van der Waals surface area contributed by atoms with Crippen molar-refractivity contribution in [1.82, 2.24) is 8.96 Å². The molecule has 1 aliphatic carbocycles. The zero-order chi connectivity index (χ0) is 24.7. The average Bonchev–Trinajstić information content (AvgIpc) is 3.17. The standard InChI is InChI=1S/C24H26ClFN4O3S/c1-16(26)13-29-24(27,17-7-6-10-23(2,31)12-17)21-15-30(22-20(21)11-18(25)14-28-22)34(32,33)19-8-4-3-5-9-19/h3-5,8-9,11,13-15,17,31H,1,6-7,10,12,27H2,2H3. The summed E-state index contributed by atoms with van der Waals surface area (Å²) in [5.74, 6) is -1.21. The van der Waals surface area contributed by atoms with Crippen molar-refractivity contribution >= 4 is 38.9 Å². The second-order valence-corrected chi connectivity index (χ2v) is 11.3. The minimum absolute atomic E-state index is 0.0686. The normalized spacial score (nSPS) is 23.3. The van der Waals surface area contributed by atoms with Crippen molar-refractivity contribution < 1.29 is 17.9 Å². The van der Waals surface area contributed by atoms with E-state index in [1.807, 2.05) is 0 Å². The molecule has 180 valence electrons. The van der Waals surface area contributed by atoms with Crippen LogP contribution in [-0.4, -0.2) is 34.3 Å². The number of rotatable bonds is 6. The van der Waals surface area contributed by atoms with Gasteiger partial charge in [-0.05, 0) is 44.4 Å². The van der Waals surface area contributed by atoms with Crippen molar-refractivity contribution in [3.63, 3.8) is 0 Å². The minimum Gasteiger partial charge on any atom is -0.390 e. The van der Waals surface area contributed by atoms with E-state index in [-0.39, 0.29) is 15.6 Å². The fourth-order valence-corrected chi connectivity index (χ4v) is 6.18. The van der Waals surface area contributed by atoms with Crippen LogP contribution in [0.2, 0.25) is 5.02 Å². The van der Waals surface area contributed by atoms with E-state index >= 15 is 0 Å². The summed E-state index contributed by atoms with van der Waals surface area (Å²) in [7, 11) is -4.04. The predicted octanol–water partition coefficient (Wildman–Crippen LogP) is 4.53. The molecule has 1 aromatic carbocycles. The van der Waals surface area contributed by atoms with Gasteiger partial charge in [-0.1, -0.05) is 42.8 Å². The second kappa shape index (κ2) is 8.88. The second-order valence-electron chi connectivity index (χ2n) is 9.00. The van der Waals surface area contributed by atoms with Crippen LogP contribution >= 0.6 is 11.6 Å². The largest absolute Gasteiger partial charge is 0.390 e. The van der Waals surface area contributed by atoms with Crippen molar-refractivity contribution in [3.05, 3.63) is 71.8 Å². The first-order valence-corrected chi connectivity index (χ1v) is 12.6. The lowest BCUT2D eigenvalue weighted by Crippen LogP contribution is -2.48. The highest BCUT2D eigenvalue weighted by Gasteiger charge is 2.44. The Labute approximate surface area is 202 Å². The highest BCUT2D eigenvalue weighted by Crippen LogP contribution is 2.45. The first-order chi connectivity index (χ1) is 15.9. The van der Waals surface area contributed by atoms with E-state index in [0.29, 0.717) is 36.6 Å². The Morgan fingerprint density at radius 3 is 2.79 bits per heavy atom. The molecule has 3 unspecified atom stereocenters. The summed E-state index contributed by atoms with van der Waals surface area (Å²) >= 11 is 6.23. The van der Waals surface area contributed by atoms with Crippen LogP contribution in [0.3, 0.4) is 0 Å². The molecular weight excluding hydrogens is 479 g/mol. The average molecular weight is 505 g/mol. The Hall–Kier alpha value is -2.59. The molecule has 0 radical (unpaired) electrons. The number of nitrogens with zero attached hydrogens (tertiary/aromatic N) is 3. The summed E-state index contributed by atoms with van der Waals surface area (Å²) in [6.45, 7) is 4.95. The number of aliphatic imine (C=N–C) groups is 1. The smallest absolute Gasteiger partial charge is 0.269 e. The molecule has 0 bridgehead atoms. The highest BCUT2D eigenvalue weighted by atomic mass is 35.5. The van der Waals surface area contributed by atoms with Gasteiger partial charge in [0.05, 0.1) is 21.7 Å². The topological polar surface area (TPSA) is 111 Å². The fraction of sp³-hybridized carbons (Fsp3) is 0.333. The molecule has 0 saturated heterocycles. The quantitative estimate of drug-likeness (QED) is 0.479. The molecule has 2 heterocycles. The van der Waals surface area contributed by atoms with E-state index in [2.05, 4.69) is 16.6 Å². The van der Waals surface area contributed by atoms with E-state index in [0.717, 1.165) is 10.2 Å². The summed E-state index contributed by atoms with van der Waals surface area (Å²) in [4.78, 5) is 8.70. The van der Waals surface area contributed by atoms with Gasteiger partial charge < -0.3 is 10.8 Å². The Bertz CT molecular complexity index is 1370. The molecule has 3 N–H and O–H groups in total. The van der Waals surface area contributed by atoms with Crippen molar-refractivity contribution in [2.75, 3.05) is 0 Å². The van der Waals surface area contributed by atoms with Gasteiger partial charge in [-0.2, -0.15) is 0 Å². The van der Waals surface area contributed by atoms with Gasteiger partial charge in [0.25, 0.3) is 10.0 Å². The fourth-order valence-electron chi connectivity index (χ4n) is 4.67. The molecular formula is C24H26ClFN4O3S. The Balaban J connectivity index is 1.99. The minimum atomic E-state index is -4.04. The first kappa shape index (κ1) is 24.5. The molecule has 0 amide bonds. The molecule has 10 heteroatoms. The number of nitrogens with two attached hydrogens (primary N) is 1. The monoisotopic (exact) mass is 504 g/mol. The number of fused-ring (bicyclic) bond motifs is 1. The number of aliphatic hydroxyl groups is 1. The Kier molecular flexibility index (Phi) is 6.41. The highest BCUT2D eigenvalue weighted by molar-refractivity contribution is 7.90. The summed E-state index contributed by atoms with van der Waals surface area (Å²) in [5.41, 5.74) is 4.76. The third kappa shape index (κ3) is 4.53. The van der Waals surface area contributed by atoms with Crippen LogP contribution in [-0.2, 0) is 15.7 Å². The van der Waals surface area contributed by atoms with E-state index in [9.17, 15) is 17.9 Å². The molecule has 34 heavy (non-hydrogen) atoms. The van der Waals surface area contributed by atoms with Crippen LogP contribution in [0.4, 0.5) is 4.39 Å². The summed E-state index contributed by atoms with van der Waals surface area (Å²) in [6, 6.07) is 9.50. The van der Waals surface area contributed by atoms with Crippen LogP contribution in [0.1, 0.15) is 38.2 Å². The predicted molar refractivity (Wildman–Crippen MR) is 131 cm³/mol. The number of pyridine rings is 1. The van der Waals surface area contributed by atoms with Crippen molar-refractivity contribution in [2.24, 2.45) is 16.6 Å². The van der Waals surface area contributed by atoms with Gasteiger partial charge in [0.2, 0.25) is 0 Å². The van der Waals surface area contributed by atoms with Crippen LogP contribution < -0.4 is 5.73 Å². The Morgan fingerprint density at radius 1 is 1.44 bits per heavy atom. The van der Waals surface area contributed by atoms with Gasteiger partial charge in [-0.25, -0.2) is 21.8 Å². The van der Waals surface area contributed by atoms with Gasteiger partial charge in [0.1, 0.15) is 11.5 Å². The van der Waals surface area contributed by atoms with Gasteiger partial charge in [-0.3, -0.25) is 4.99 Å². The molecule has 2 aromatic heterocycles. The number of halogens is 2. The number of allylic oxidation sites excluding steroid dienone is 1. The molecule has 7 nitrogen and oxygen atoms in total. The molecule has 1 fully saturated rings. The van der Waals surface area contributed by atoms with Crippen molar-refractivity contribution in [2.45, 2.75) is 48.8 Å². The summed E-state index contributed by atoms with van der Waals surface area (Å²) in [5, 5.41) is 11.4. The zero-order valence-corrected chi connectivity index (χ0v) is 20.2. The molecule has 0 spiro atoms. The lowest BCUT2D eigenvalue weighted by molar-refractivity contribution is -0.0161. The summed E-state index contributed by atoms with van der Waals surface area (Å²) < 4.78 is 41.8. The van der Waals surface area contributed by atoms with Crippen molar-refractivity contribution in [3.8, 4) is 0 Å². The van der Waals surface area contributed by atoms with E-state index < -0.39 is 33.0 Å². The number of aromatic nitrogens is 2. The SMILES string of the molecule is C=C(F)C=NC(N)(c1cn(S(=O)(=O)c2ccccc2)c2ncc(Cl)cc12)C1CCCC(C)(O)C1. The van der Waals surface area contributed by atoms with E-state index in [1.165, 1.54) is 24.5 Å². The van der Waals surface area contributed by atoms with Gasteiger partial charge in [0, 0.05) is 29.3 Å². The summed E-state index contributed by atoms with van der Waals surface area (Å²) in [6.07, 6.45) is 5.83. The maximum atomic E-state index is 13.7. The maximum absolute atomic E-state index is 13.7. The number of hydrogen-bond donors (Lipinski definition) is 2. The lowest BCUT2D eigenvalue weighted by Gasteiger charge is -2.42. The number of hydrogen-bond acceptors (Lipinski definition) is 6. The van der Waals surface area contributed by atoms with E-state index in [1.54, 1.807) is 31.2 Å². The third-order valence-electron chi connectivity index (χ3n) is 6.30. The van der Waals surface area contributed by atoms with Crippen LogP contribution in [0, 0.1) is 5.92 Å². The molecule has 1 saturated carbocycles. The van der Waals surface area contributed by atoms with Gasteiger partial charge in [-0.15, -0.1) is 0 Å². The van der Waals surface area contributed by atoms with E-state index in [4.69, 9.17) is 17.3 Å². The first-order valence-electron chi connectivity index (χ1n) is 10.8. The van der Waals surface area contributed by atoms with Gasteiger partial charge in [0.15, 0.2) is 5.65 Å².